The SMILES string of the molecule is CC1CN(C(NC(=O)c2cc3ccccc3oc2=O)C(Cl)(Cl)Cl)CC(C)O1. The number of amides is 1. The average molecular weight is 434 g/mol. The number of benzene rings is 1. The smallest absolute Gasteiger partial charge is 0.349 e. The van der Waals surface area contributed by atoms with Crippen molar-refractivity contribution in [3.63, 3.8) is 0 Å². The van der Waals surface area contributed by atoms with Crippen LogP contribution in [0.4, 0.5) is 0 Å². The van der Waals surface area contributed by atoms with Gasteiger partial charge in [-0.05, 0) is 26.0 Å². The lowest BCUT2D eigenvalue weighted by Crippen LogP contribution is -2.61. The summed E-state index contributed by atoms with van der Waals surface area (Å²) in [5.74, 6) is -0.669. The van der Waals surface area contributed by atoms with Crippen LogP contribution in [-0.4, -0.2) is 46.1 Å². The molecule has 2 aromatic rings. The highest BCUT2D eigenvalue weighted by Gasteiger charge is 2.41. The van der Waals surface area contributed by atoms with Crippen molar-refractivity contribution in [3.8, 4) is 0 Å². The fraction of sp³-hybridized carbons (Fsp3) is 0.444. The monoisotopic (exact) mass is 432 g/mol. The second-order valence-electron chi connectivity index (χ2n) is 6.61. The van der Waals surface area contributed by atoms with Crippen molar-refractivity contribution in [2.45, 2.75) is 36.0 Å². The van der Waals surface area contributed by atoms with Crippen molar-refractivity contribution < 1.29 is 13.9 Å². The van der Waals surface area contributed by atoms with Crippen molar-refractivity contribution in [3.05, 3.63) is 46.3 Å². The highest BCUT2D eigenvalue weighted by Crippen LogP contribution is 2.33. The second kappa shape index (κ2) is 7.97. The second-order valence-corrected chi connectivity index (χ2v) is 8.98. The summed E-state index contributed by atoms with van der Waals surface area (Å²) >= 11 is 18.4. The molecular weight excluding hydrogens is 415 g/mol. The molecule has 1 aliphatic rings. The van der Waals surface area contributed by atoms with Crippen molar-refractivity contribution in [1.29, 1.82) is 0 Å². The first kappa shape index (κ1) is 20.4. The van der Waals surface area contributed by atoms with Gasteiger partial charge in [0.05, 0.1) is 12.2 Å². The number of alkyl halides is 3. The zero-order chi connectivity index (χ0) is 19.8. The van der Waals surface area contributed by atoms with Crippen LogP contribution >= 0.6 is 34.8 Å². The summed E-state index contributed by atoms with van der Waals surface area (Å²) < 4.78 is 9.10. The Morgan fingerprint density at radius 1 is 1.22 bits per heavy atom. The predicted molar refractivity (Wildman–Crippen MR) is 106 cm³/mol. The number of halogens is 3. The van der Waals surface area contributed by atoms with E-state index in [2.05, 4.69) is 5.32 Å². The quantitative estimate of drug-likeness (QED) is 0.594. The highest BCUT2D eigenvalue weighted by molar-refractivity contribution is 6.68. The van der Waals surface area contributed by atoms with Crippen LogP contribution in [0.2, 0.25) is 0 Å². The van der Waals surface area contributed by atoms with E-state index in [0.29, 0.717) is 24.1 Å². The third-order valence-corrected chi connectivity index (χ3v) is 4.90. The van der Waals surface area contributed by atoms with Gasteiger partial charge in [0.2, 0.25) is 3.79 Å². The molecule has 9 heteroatoms. The van der Waals surface area contributed by atoms with Gasteiger partial charge in [0.1, 0.15) is 17.3 Å². The van der Waals surface area contributed by atoms with Gasteiger partial charge in [-0.3, -0.25) is 9.69 Å². The molecule has 0 saturated carbocycles. The first-order valence-electron chi connectivity index (χ1n) is 8.45. The number of nitrogens with one attached hydrogen (secondary N) is 1. The van der Waals surface area contributed by atoms with Crippen LogP contribution in [0.3, 0.4) is 0 Å². The van der Waals surface area contributed by atoms with Crippen molar-refractivity contribution in [2.24, 2.45) is 0 Å². The molecule has 2 heterocycles. The van der Waals surface area contributed by atoms with E-state index in [9.17, 15) is 9.59 Å². The number of hydrogen-bond donors (Lipinski definition) is 1. The van der Waals surface area contributed by atoms with Gasteiger partial charge in [-0.25, -0.2) is 4.79 Å². The maximum absolute atomic E-state index is 12.8. The fourth-order valence-electron chi connectivity index (χ4n) is 3.23. The van der Waals surface area contributed by atoms with Gasteiger partial charge in [0, 0.05) is 18.5 Å². The van der Waals surface area contributed by atoms with Crippen molar-refractivity contribution >= 4 is 51.7 Å². The largest absolute Gasteiger partial charge is 0.422 e. The zero-order valence-corrected chi connectivity index (χ0v) is 17.0. The first-order chi connectivity index (χ1) is 12.6. The molecule has 3 rings (SSSR count). The Morgan fingerprint density at radius 3 is 2.48 bits per heavy atom. The predicted octanol–water partition coefficient (Wildman–Crippen LogP) is 3.33. The Kier molecular flexibility index (Phi) is 6.03. The van der Waals surface area contributed by atoms with E-state index in [0.717, 1.165) is 0 Å². The first-order valence-corrected chi connectivity index (χ1v) is 9.58. The molecule has 1 aromatic carbocycles. The zero-order valence-electron chi connectivity index (χ0n) is 14.7. The van der Waals surface area contributed by atoms with Crippen LogP contribution in [0.25, 0.3) is 11.0 Å². The van der Waals surface area contributed by atoms with Crippen LogP contribution in [0, 0.1) is 0 Å². The standard InChI is InChI=1S/C18H19Cl3N2O4/c1-10-8-23(9-11(2)26-10)17(18(19,20)21)22-15(24)13-7-12-5-3-4-6-14(12)27-16(13)25/h3-7,10-11,17H,8-9H2,1-2H3,(H,22,24). The van der Waals surface area contributed by atoms with E-state index in [1.807, 2.05) is 18.7 Å². The summed E-state index contributed by atoms with van der Waals surface area (Å²) in [6.45, 7) is 4.74. The summed E-state index contributed by atoms with van der Waals surface area (Å²) in [6, 6.07) is 8.39. The highest BCUT2D eigenvalue weighted by atomic mass is 35.6. The molecule has 3 atom stereocenters. The Hall–Kier alpha value is -1.31. The Bertz CT molecular complexity index is 886. The molecule has 1 aliphatic heterocycles. The van der Waals surface area contributed by atoms with Gasteiger partial charge < -0.3 is 14.5 Å². The lowest BCUT2D eigenvalue weighted by Gasteiger charge is -2.42. The van der Waals surface area contributed by atoms with Gasteiger partial charge >= 0.3 is 5.63 Å². The Balaban J connectivity index is 1.89. The summed E-state index contributed by atoms with van der Waals surface area (Å²) in [6.07, 6.45) is -1.12. The molecule has 27 heavy (non-hydrogen) atoms. The van der Waals surface area contributed by atoms with E-state index in [1.165, 1.54) is 6.07 Å². The summed E-state index contributed by atoms with van der Waals surface area (Å²) in [4.78, 5) is 26.8. The minimum atomic E-state index is -1.80. The van der Waals surface area contributed by atoms with Crippen molar-refractivity contribution in [1.82, 2.24) is 10.2 Å². The molecule has 0 radical (unpaired) electrons. The normalized spacial score (nSPS) is 22.6. The lowest BCUT2D eigenvalue weighted by atomic mass is 10.1. The number of carbonyl (C=O) groups excluding carboxylic acids is 1. The number of rotatable bonds is 3. The van der Waals surface area contributed by atoms with Crippen LogP contribution in [0.5, 0.6) is 0 Å². The molecule has 3 unspecified atom stereocenters. The van der Waals surface area contributed by atoms with Gasteiger partial charge in [0.15, 0.2) is 0 Å². The van der Waals surface area contributed by atoms with Gasteiger partial charge in [-0.2, -0.15) is 0 Å². The molecular formula is C18H19Cl3N2O4. The number of nitrogens with zero attached hydrogens (tertiary/aromatic N) is 1. The van der Waals surface area contributed by atoms with Crippen LogP contribution in [0.1, 0.15) is 24.2 Å². The number of hydrogen-bond acceptors (Lipinski definition) is 5. The topological polar surface area (TPSA) is 71.8 Å². The molecule has 1 amide bonds. The number of para-hydroxylation sites is 1. The molecule has 1 aromatic heterocycles. The fourth-order valence-corrected chi connectivity index (χ4v) is 3.81. The van der Waals surface area contributed by atoms with E-state index < -0.39 is 21.5 Å². The number of ether oxygens (including phenoxy) is 1. The van der Waals surface area contributed by atoms with E-state index in [4.69, 9.17) is 44.0 Å². The summed E-state index contributed by atoms with van der Waals surface area (Å²) in [5.41, 5.74) is -0.506. The average Bonchev–Trinajstić information content (AvgIpc) is 2.56. The maximum atomic E-state index is 12.8. The van der Waals surface area contributed by atoms with Gasteiger partial charge in [-0.15, -0.1) is 0 Å². The molecule has 146 valence electrons. The maximum Gasteiger partial charge on any atom is 0.349 e. The van der Waals surface area contributed by atoms with Crippen LogP contribution in [-0.2, 0) is 4.74 Å². The number of morpholine rings is 1. The van der Waals surface area contributed by atoms with E-state index in [-0.39, 0.29) is 17.8 Å². The molecule has 1 fully saturated rings. The number of carbonyl (C=O) groups is 1. The van der Waals surface area contributed by atoms with Crippen LogP contribution < -0.4 is 10.9 Å². The van der Waals surface area contributed by atoms with Gasteiger partial charge in [-0.1, -0.05) is 53.0 Å². The van der Waals surface area contributed by atoms with Gasteiger partial charge in [0.25, 0.3) is 5.91 Å². The Labute approximate surface area is 171 Å². The molecule has 0 bridgehead atoms. The molecule has 0 spiro atoms. The van der Waals surface area contributed by atoms with E-state index in [1.54, 1.807) is 24.3 Å². The minimum Gasteiger partial charge on any atom is -0.422 e. The molecule has 1 N–H and O–H groups in total. The van der Waals surface area contributed by atoms with Crippen LogP contribution in [0.15, 0.2) is 39.5 Å². The number of fused-ring (bicyclic) bond motifs is 1. The molecule has 0 aliphatic carbocycles. The third-order valence-electron chi connectivity index (χ3n) is 4.28. The third kappa shape index (κ3) is 4.76. The molecule has 6 nitrogen and oxygen atoms in total. The van der Waals surface area contributed by atoms with E-state index >= 15 is 0 Å². The summed E-state index contributed by atoms with van der Waals surface area (Å²) in [5, 5.41) is 3.29. The lowest BCUT2D eigenvalue weighted by molar-refractivity contribution is -0.0826. The Morgan fingerprint density at radius 2 is 1.85 bits per heavy atom. The molecule has 1 saturated heterocycles. The minimum absolute atomic E-state index is 0.0914. The summed E-state index contributed by atoms with van der Waals surface area (Å²) in [7, 11) is 0. The van der Waals surface area contributed by atoms with Crippen molar-refractivity contribution in [2.75, 3.05) is 13.1 Å².